The van der Waals surface area contributed by atoms with Crippen LogP contribution in [0.1, 0.15) is 0 Å². The second-order valence-electron chi connectivity index (χ2n) is 6.53. The Balaban J connectivity index is 1.65. The molecule has 1 heterocycles. The molecule has 0 bridgehead atoms. The van der Waals surface area contributed by atoms with Gasteiger partial charge in [0, 0.05) is 44.0 Å². The molecule has 0 unspecified atom stereocenters. The number of methoxy groups -OCH3 is 1. The van der Waals surface area contributed by atoms with Crippen molar-refractivity contribution in [3.05, 3.63) is 48.5 Å². The van der Waals surface area contributed by atoms with E-state index in [9.17, 15) is 4.79 Å². The first-order valence-electron chi connectivity index (χ1n) is 9.22. The molecule has 0 atom stereocenters. The Morgan fingerprint density at radius 2 is 1.78 bits per heavy atom. The van der Waals surface area contributed by atoms with E-state index in [0.29, 0.717) is 0 Å². The number of piperazine rings is 1. The van der Waals surface area contributed by atoms with Crippen molar-refractivity contribution >= 4 is 23.5 Å². The van der Waals surface area contributed by atoms with Crippen molar-refractivity contribution in [1.29, 1.82) is 0 Å². The number of rotatable bonds is 6. The largest absolute Gasteiger partial charge is 0.497 e. The van der Waals surface area contributed by atoms with Crippen LogP contribution in [0.25, 0.3) is 11.1 Å². The minimum atomic E-state index is -0.0273. The van der Waals surface area contributed by atoms with Crippen molar-refractivity contribution in [2.75, 3.05) is 57.2 Å². The maximum Gasteiger partial charge on any atom is 0.321 e. The number of benzene rings is 2. The third-order valence-electron chi connectivity index (χ3n) is 4.84. The third-order valence-corrected chi connectivity index (χ3v) is 5.43. The van der Waals surface area contributed by atoms with Gasteiger partial charge < -0.3 is 15.0 Å². The zero-order valence-electron chi connectivity index (χ0n) is 16.0. The molecule has 2 aromatic rings. The highest BCUT2D eigenvalue weighted by Gasteiger charge is 2.21. The number of anilines is 1. The van der Waals surface area contributed by atoms with E-state index < -0.39 is 0 Å². The molecule has 144 valence electrons. The molecule has 0 spiro atoms. The predicted octanol–water partition coefficient (Wildman–Crippen LogP) is 3.87. The van der Waals surface area contributed by atoms with Gasteiger partial charge in [-0.05, 0) is 30.0 Å². The summed E-state index contributed by atoms with van der Waals surface area (Å²) in [5, 5.41) is 3.10. The highest BCUT2D eigenvalue weighted by Crippen LogP contribution is 2.29. The average molecular weight is 386 g/mol. The molecule has 5 nitrogen and oxygen atoms in total. The van der Waals surface area contributed by atoms with Gasteiger partial charge in [0.2, 0.25) is 0 Å². The lowest BCUT2D eigenvalue weighted by atomic mass is 10.0. The molecule has 0 aromatic heterocycles. The lowest BCUT2D eigenvalue weighted by molar-refractivity contribution is 0.152. The summed E-state index contributed by atoms with van der Waals surface area (Å²) in [6, 6.07) is 15.8. The molecule has 1 aliphatic rings. The van der Waals surface area contributed by atoms with Gasteiger partial charge in [0.1, 0.15) is 5.75 Å². The molecular weight excluding hydrogens is 358 g/mol. The molecule has 1 fully saturated rings. The number of ether oxygens (including phenoxy) is 1. The van der Waals surface area contributed by atoms with E-state index in [1.54, 1.807) is 7.11 Å². The Morgan fingerprint density at radius 1 is 1.07 bits per heavy atom. The van der Waals surface area contributed by atoms with E-state index >= 15 is 0 Å². The van der Waals surface area contributed by atoms with Crippen LogP contribution in [0.15, 0.2) is 48.5 Å². The van der Waals surface area contributed by atoms with Crippen molar-refractivity contribution in [1.82, 2.24) is 9.80 Å². The number of nitrogens with one attached hydrogen (secondary N) is 1. The van der Waals surface area contributed by atoms with Gasteiger partial charge in [-0.2, -0.15) is 11.8 Å². The lowest BCUT2D eigenvalue weighted by Crippen LogP contribution is -2.50. The summed E-state index contributed by atoms with van der Waals surface area (Å²) in [7, 11) is 1.66. The number of urea groups is 1. The van der Waals surface area contributed by atoms with Crippen molar-refractivity contribution in [3.63, 3.8) is 0 Å². The highest BCUT2D eigenvalue weighted by atomic mass is 32.2. The van der Waals surface area contributed by atoms with Crippen LogP contribution in [0.2, 0.25) is 0 Å². The monoisotopic (exact) mass is 385 g/mol. The molecule has 6 heteroatoms. The van der Waals surface area contributed by atoms with Gasteiger partial charge >= 0.3 is 6.03 Å². The van der Waals surface area contributed by atoms with Crippen LogP contribution >= 0.6 is 11.8 Å². The van der Waals surface area contributed by atoms with E-state index in [4.69, 9.17) is 4.74 Å². The standard InChI is InChI=1S/C21H27N3O2S/c1-26-18-9-7-17(8-10-18)19-5-3-4-6-20(19)22-21(25)24-13-11-23(12-14-24)15-16-27-2/h3-10H,11-16H2,1-2H3,(H,22,25). The number of nitrogens with zero attached hydrogens (tertiary/aromatic N) is 2. The summed E-state index contributed by atoms with van der Waals surface area (Å²) in [6.07, 6.45) is 2.13. The second kappa shape index (κ2) is 9.67. The fourth-order valence-corrected chi connectivity index (χ4v) is 3.64. The van der Waals surface area contributed by atoms with Gasteiger partial charge in [-0.3, -0.25) is 4.90 Å². The molecule has 1 aliphatic heterocycles. The molecular formula is C21H27N3O2S. The van der Waals surface area contributed by atoms with Crippen LogP contribution in [0, 0.1) is 0 Å². The van der Waals surface area contributed by atoms with Crippen molar-refractivity contribution in [2.45, 2.75) is 0 Å². The van der Waals surface area contributed by atoms with E-state index in [1.165, 1.54) is 0 Å². The van der Waals surface area contributed by atoms with Crippen molar-refractivity contribution < 1.29 is 9.53 Å². The molecule has 1 saturated heterocycles. The first-order chi connectivity index (χ1) is 13.2. The first-order valence-corrected chi connectivity index (χ1v) is 10.6. The van der Waals surface area contributed by atoms with Crippen LogP contribution in [-0.2, 0) is 0 Å². The number of hydrogen-bond acceptors (Lipinski definition) is 4. The third kappa shape index (κ3) is 5.17. The zero-order valence-corrected chi connectivity index (χ0v) is 16.8. The van der Waals surface area contributed by atoms with Gasteiger partial charge in [0.05, 0.1) is 12.8 Å². The molecule has 0 radical (unpaired) electrons. The number of hydrogen-bond donors (Lipinski definition) is 1. The maximum absolute atomic E-state index is 12.7. The summed E-state index contributed by atoms with van der Waals surface area (Å²) in [4.78, 5) is 17.1. The van der Waals surface area contributed by atoms with Crippen molar-refractivity contribution in [2.24, 2.45) is 0 Å². The summed E-state index contributed by atoms with van der Waals surface area (Å²) >= 11 is 1.86. The van der Waals surface area contributed by atoms with Crippen LogP contribution in [0.4, 0.5) is 10.5 Å². The Morgan fingerprint density at radius 3 is 2.44 bits per heavy atom. The number of para-hydroxylation sites is 1. The summed E-state index contributed by atoms with van der Waals surface area (Å²) < 4.78 is 5.23. The summed E-state index contributed by atoms with van der Waals surface area (Å²) in [5.74, 6) is 1.96. The minimum Gasteiger partial charge on any atom is -0.497 e. The van der Waals surface area contributed by atoms with Crippen LogP contribution < -0.4 is 10.1 Å². The number of carbonyl (C=O) groups is 1. The van der Waals surface area contributed by atoms with Gasteiger partial charge in [0.25, 0.3) is 0 Å². The van der Waals surface area contributed by atoms with Gasteiger partial charge in [0.15, 0.2) is 0 Å². The molecule has 27 heavy (non-hydrogen) atoms. The van der Waals surface area contributed by atoms with E-state index in [1.807, 2.05) is 65.2 Å². The van der Waals surface area contributed by atoms with E-state index in [0.717, 1.165) is 61.0 Å². The highest BCUT2D eigenvalue weighted by molar-refractivity contribution is 7.98. The molecule has 2 aromatic carbocycles. The average Bonchev–Trinajstić information content (AvgIpc) is 2.73. The Labute approximate surface area is 165 Å². The SMILES string of the molecule is COc1ccc(-c2ccccc2NC(=O)N2CCN(CCSC)CC2)cc1. The quantitative estimate of drug-likeness (QED) is 0.820. The Hall–Kier alpha value is -2.18. The first kappa shape index (κ1) is 19.6. The summed E-state index contributed by atoms with van der Waals surface area (Å²) in [5.41, 5.74) is 2.89. The normalized spacial score (nSPS) is 14.8. The van der Waals surface area contributed by atoms with Crippen molar-refractivity contribution in [3.8, 4) is 16.9 Å². The Bertz CT molecular complexity index is 743. The smallest absolute Gasteiger partial charge is 0.321 e. The van der Waals surface area contributed by atoms with E-state index in [2.05, 4.69) is 16.5 Å². The fraction of sp³-hybridized carbons (Fsp3) is 0.381. The van der Waals surface area contributed by atoms with Crippen LogP contribution in [0.5, 0.6) is 5.75 Å². The fourth-order valence-electron chi connectivity index (χ4n) is 3.20. The summed E-state index contributed by atoms with van der Waals surface area (Å²) in [6.45, 7) is 4.51. The topological polar surface area (TPSA) is 44.8 Å². The van der Waals surface area contributed by atoms with Gasteiger partial charge in [-0.25, -0.2) is 4.79 Å². The number of thioether (sulfide) groups is 1. The Kier molecular flexibility index (Phi) is 7.01. The second-order valence-corrected chi connectivity index (χ2v) is 7.51. The number of amides is 2. The molecule has 0 saturated carbocycles. The molecule has 0 aliphatic carbocycles. The predicted molar refractivity (Wildman–Crippen MR) is 114 cm³/mol. The van der Waals surface area contributed by atoms with Crippen LogP contribution in [0.3, 0.4) is 0 Å². The lowest BCUT2D eigenvalue weighted by Gasteiger charge is -2.34. The number of carbonyl (C=O) groups excluding carboxylic acids is 1. The molecule has 2 amide bonds. The van der Waals surface area contributed by atoms with Gasteiger partial charge in [-0.1, -0.05) is 30.3 Å². The van der Waals surface area contributed by atoms with Gasteiger partial charge in [-0.15, -0.1) is 0 Å². The maximum atomic E-state index is 12.7. The molecule has 3 rings (SSSR count). The minimum absolute atomic E-state index is 0.0273. The molecule has 1 N–H and O–H groups in total. The van der Waals surface area contributed by atoms with E-state index in [-0.39, 0.29) is 6.03 Å². The zero-order chi connectivity index (χ0) is 19.1. The van der Waals surface area contributed by atoms with Crippen LogP contribution in [-0.4, -0.2) is 67.7 Å².